The lowest BCUT2D eigenvalue weighted by Gasteiger charge is -2.38. The topological polar surface area (TPSA) is 51.0 Å². The highest BCUT2D eigenvalue weighted by Gasteiger charge is 2.33. The Morgan fingerprint density at radius 3 is 2.94 bits per heavy atom. The lowest BCUT2D eigenvalue weighted by atomic mass is 10.1. The highest BCUT2D eigenvalue weighted by atomic mass is 32.1. The van der Waals surface area contributed by atoms with Crippen molar-refractivity contribution in [3.63, 3.8) is 0 Å². The summed E-state index contributed by atoms with van der Waals surface area (Å²) in [5, 5.41) is 9.71. The van der Waals surface area contributed by atoms with E-state index in [9.17, 15) is 4.79 Å². The molecule has 3 rings (SSSR count). The Hall–Kier alpha value is -1.69. The number of hydrogen-bond acceptors (Lipinski definition) is 4. The molecule has 0 saturated carbocycles. The molecule has 2 aromatic rings. The molecule has 17 heavy (non-hydrogen) atoms. The van der Waals surface area contributed by atoms with Gasteiger partial charge in [0.2, 0.25) is 0 Å². The lowest BCUT2D eigenvalue weighted by molar-refractivity contribution is 0.0503. The molecule has 1 saturated heterocycles. The van der Waals surface area contributed by atoms with Gasteiger partial charge < -0.3 is 4.90 Å². The van der Waals surface area contributed by atoms with Gasteiger partial charge in [-0.1, -0.05) is 5.21 Å². The maximum atomic E-state index is 12.0. The van der Waals surface area contributed by atoms with Crippen molar-refractivity contribution in [1.82, 2.24) is 19.9 Å². The zero-order chi connectivity index (χ0) is 11.8. The molecular weight excluding hydrogens is 236 g/mol. The van der Waals surface area contributed by atoms with Crippen molar-refractivity contribution < 1.29 is 4.79 Å². The number of thiophene rings is 1. The molecule has 5 nitrogen and oxygen atoms in total. The Labute approximate surface area is 103 Å². The summed E-state index contributed by atoms with van der Waals surface area (Å²) in [7, 11) is 0. The van der Waals surface area contributed by atoms with E-state index < -0.39 is 0 Å². The lowest BCUT2D eigenvalue weighted by Crippen LogP contribution is -2.50. The van der Waals surface area contributed by atoms with Gasteiger partial charge in [0.25, 0.3) is 5.91 Å². The number of aromatic nitrogens is 3. The summed E-state index contributed by atoms with van der Waals surface area (Å²) in [6.45, 7) is 3.44. The number of hydrogen-bond donors (Lipinski definition) is 0. The van der Waals surface area contributed by atoms with Gasteiger partial charge >= 0.3 is 0 Å². The first-order valence-electron chi connectivity index (χ1n) is 5.44. The van der Waals surface area contributed by atoms with Crippen LogP contribution in [0.15, 0.2) is 23.8 Å². The molecule has 0 bridgehead atoms. The minimum atomic E-state index is 0.125. The maximum Gasteiger partial charge on any atom is 0.264 e. The zero-order valence-corrected chi connectivity index (χ0v) is 10.2. The summed E-state index contributed by atoms with van der Waals surface area (Å²) in [4.78, 5) is 14.7. The largest absolute Gasteiger partial charge is 0.334 e. The van der Waals surface area contributed by atoms with Crippen molar-refractivity contribution in [2.45, 2.75) is 13.0 Å². The highest BCUT2D eigenvalue weighted by molar-refractivity contribution is 7.12. The predicted octanol–water partition coefficient (Wildman–Crippen LogP) is 1.35. The van der Waals surface area contributed by atoms with Crippen LogP contribution >= 0.6 is 11.3 Å². The van der Waals surface area contributed by atoms with Gasteiger partial charge in [-0.2, -0.15) is 0 Å². The summed E-state index contributed by atoms with van der Waals surface area (Å²) in [5.41, 5.74) is 1.15. The number of rotatable bonds is 2. The molecule has 0 radical (unpaired) electrons. The van der Waals surface area contributed by atoms with Crippen LogP contribution in [-0.2, 0) is 0 Å². The third-order valence-corrected chi connectivity index (χ3v) is 3.94. The van der Waals surface area contributed by atoms with Crippen LogP contribution in [0.5, 0.6) is 0 Å². The fraction of sp³-hybridized carbons (Fsp3) is 0.364. The van der Waals surface area contributed by atoms with Crippen LogP contribution in [0.25, 0.3) is 0 Å². The molecule has 6 heteroatoms. The fourth-order valence-corrected chi connectivity index (χ4v) is 2.76. The van der Waals surface area contributed by atoms with E-state index in [2.05, 4.69) is 10.3 Å². The summed E-state index contributed by atoms with van der Waals surface area (Å²) in [6, 6.07) is 2.22. The number of amides is 1. The van der Waals surface area contributed by atoms with Crippen LogP contribution in [0.2, 0.25) is 0 Å². The molecule has 1 fully saturated rings. The van der Waals surface area contributed by atoms with Crippen molar-refractivity contribution in [2.24, 2.45) is 0 Å². The molecule has 0 N–H and O–H groups in total. The van der Waals surface area contributed by atoms with E-state index >= 15 is 0 Å². The third-order valence-electron chi connectivity index (χ3n) is 2.91. The van der Waals surface area contributed by atoms with Crippen molar-refractivity contribution >= 4 is 17.2 Å². The molecule has 2 aromatic heterocycles. The van der Waals surface area contributed by atoms with E-state index in [0.29, 0.717) is 0 Å². The first kappa shape index (κ1) is 10.5. The van der Waals surface area contributed by atoms with Gasteiger partial charge in [-0.3, -0.25) is 4.79 Å². The average Bonchev–Trinajstić information content (AvgIpc) is 2.86. The van der Waals surface area contributed by atoms with E-state index in [1.807, 2.05) is 34.1 Å². The number of carbonyl (C=O) groups is 1. The van der Waals surface area contributed by atoms with Crippen LogP contribution in [0.4, 0.5) is 0 Å². The van der Waals surface area contributed by atoms with Gasteiger partial charge in [-0.25, -0.2) is 4.68 Å². The van der Waals surface area contributed by atoms with Crippen LogP contribution in [0.3, 0.4) is 0 Å². The highest BCUT2D eigenvalue weighted by Crippen LogP contribution is 2.24. The average molecular weight is 248 g/mol. The molecule has 0 atom stereocenters. The fourth-order valence-electron chi connectivity index (χ4n) is 1.90. The normalized spacial score (nSPS) is 15.9. The molecule has 0 spiro atoms. The Bertz CT molecular complexity index is 527. The predicted molar refractivity (Wildman–Crippen MR) is 64.0 cm³/mol. The van der Waals surface area contributed by atoms with Gasteiger partial charge in [-0.05, 0) is 23.9 Å². The van der Waals surface area contributed by atoms with Gasteiger partial charge in [-0.15, -0.1) is 16.4 Å². The summed E-state index contributed by atoms with van der Waals surface area (Å²) >= 11 is 1.51. The second-order valence-electron chi connectivity index (χ2n) is 4.24. The monoisotopic (exact) mass is 248 g/mol. The maximum absolute atomic E-state index is 12.0. The van der Waals surface area contributed by atoms with Crippen molar-refractivity contribution in [2.75, 3.05) is 13.1 Å². The Kier molecular flexibility index (Phi) is 2.44. The van der Waals surface area contributed by atoms with Gasteiger partial charge in [0.15, 0.2) is 0 Å². The van der Waals surface area contributed by atoms with Crippen molar-refractivity contribution in [3.05, 3.63) is 34.3 Å². The number of nitrogens with zero attached hydrogens (tertiary/aromatic N) is 4. The van der Waals surface area contributed by atoms with Crippen molar-refractivity contribution in [3.8, 4) is 0 Å². The molecule has 88 valence electrons. The first-order chi connectivity index (χ1) is 8.24. The Morgan fingerprint density at radius 2 is 2.35 bits per heavy atom. The SMILES string of the molecule is Cc1csc(C(=O)N2CC(n3ccnn3)C2)c1. The van der Waals surface area contributed by atoms with E-state index in [1.165, 1.54) is 11.3 Å². The summed E-state index contributed by atoms with van der Waals surface area (Å²) in [6.07, 6.45) is 3.49. The van der Waals surface area contributed by atoms with E-state index in [1.54, 1.807) is 6.20 Å². The minimum absolute atomic E-state index is 0.125. The van der Waals surface area contributed by atoms with Crippen molar-refractivity contribution in [1.29, 1.82) is 0 Å². The molecule has 0 aromatic carbocycles. The Morgan fingerprint density at radius 1 is 1.53 bits per heavy atom. The molecule has 1 aliphatic rings. The smallest absolute Gasteiger partial charge is 0.264 e. The van der Waals surface area contributed by atoms with Crippen LogP contribution < -0.4 is 0 Å². The minimum Gasteiger partial charge on any atom is -0.334 e. The van der Waals surface area contributed by atoms with E-state index in [4.69, 9.17) is 0 Å². The van der Waals surface area contributed by atoms with E-state index in [-0.39, 0.29) is 11.9 Å². The molecule has 0 aliphatic carbocycles. The molecule has 3 heterocycles. The second-order valence-corrected chi connectivity index (χ2v) is 5.15. The summed E-state index contributed by atoms with van der Waals surface area (Å²) < 4.78 is 1.81. The van der Waals surface area contributed by atoms with Crippen LogP contribution in [0.1, 0.15) is 21.3 Å². The zero-order valence-electron chi connectivity index (χ0n) is 9.41. The van der Waals surface area contributed by atoms with Gasteiger partial charge in [0, 0.05) is 19.3 Å². The van der Waals surface area contributed by atoms with E-state index in [0.717, 1.165) is 23.5 Å². The first-order valence-corrected chi connectivity index (χ1v) is 6.32. The molecule has 1 aliphatic heterocycles. The van der Waals surface area contributed by atoms with Crippen LogP contribution in [-0.4, -0.2) is 38.9 Å². The van der Waals surface area contributed by atoms with Gasteiger partial charge in [0.05, 0.1) is 17.1 Å². The standard InChI is InChI=1S/C11H12N4OS/c1-8-4-10(17-7-8)11(16)14-5-9(6-14)15-3-2-12-13-15/h2-4,7,9H,5-6H2,1H3. The molecule has 0 unspecified atom stereocenters. The second kappa shape index (κ2) is 3.96. The number of aryl methyl sites for hydroxylation is 1. The Balaban J connectivity index is 1.64. The quantitative estimate of drug-likeness (QED) is 0.806. The number of likely N-dealkylation sites (tertiary alicyclic amines) is 1. The summed E-state index contributed by atoms with van der Waals surface area (Å²) in [5.74, 6) is 0.125. The van der Waals surface area contributed by atoms with Gasteiger partial charge in [0.1, 0.15) is 0 Å². The molecular formula is C11H12N4OS. The molecule has 1 amide bonds. The number of carbonyl (C=O) groups excluding carboxylic acids is 1. The van der Waals surface area contributed by atoms with Crippen LogP contribution in [0, 0.1) is 6.92 Å². The third kappa shape index (κ3) is 1.84.